The third-order valence-electron chi connectivity index (χ3n) is 4.72. The first kappa shape index (κ1) is 20.5. The van der Waals surface area contributed by atoms with Crippen molar-refractivity contribution >= 4 is 15.7 Å². The van der Waals surface area contributed by atoms with Crippen molar-refractivity contribution in [1.29, 1.82) is 0 Å². The molecule has 4 aromatic rings. The van der Waals surface area contributed by atoms with E-state index in [-0.39, 0.29) is 22.7 Å². The molecule has 9 heteroatoms. The third-order valence-corrected chi connectivity index (χ3v) is 5.85. The number of para-hydroxylation sites is 1. The predicted molar refractivity (Wildman–Crippen MR) is 114 cm³/mol. The van der Waals surface area contributed by atoms with Gasteiger partial charge in [-0.05, 0) is 42.0 Å². The lowest BCUT2D eigenvalue weighted by atomic mass is 10.2. The SMILES string of the molecule is CS(=O)(=O)c1ccc(CNC(=O)c2cnn(-c3ccccc3F)c2-n2cccc2)cc1. The van der Waals surface area contributed by atoms with E-state index < -0.39 is 21.6 Å². The number of nitrogens with one attached hydrogen (secondary N) is 1. The summed E-state index contributed by atoms with van der Waals surface area (Å²) in [6, 6.07) is 16.1. The van der Waals surface area contributed by atoms with Crippen molar-refractivity contribution in [2.45, 2.75) is 11.4 Å². The van der Waals surface area contributed by atoms with E-state index in [1.165, 1.54) is 29.1 Å². The standard InChI is InChI=1S/C22H19FN4O3S/c1-31(29,30)17-10-8-16(9-11-17)14-24-21(28)18-15-25-27(20-7-3-2-6-19(20)23)22(18)26-12-4-5-13-26/h2-13,15H,14H2,1H3,(H,24,28). The summed E-state index contributed by atoms with van der Waals surface area (Å²) in [7, 11) is -3.28. The monoisotopic (exact) mass is 438 g/mol. The van der Waals surface area contributed by atoms with Crippen molar-refractivity contribution in [2.24, 2.45) is 0 Å². The Labute approximate surface area is 178 Å². The van der Waals surface area contributed by atoms with E-state index in [0.29, 0.717) is 5.82 Å². The molecule has 0 saturated carbocycles. The van der Waals surface area contributed by atoms with Crippen LogP contribution in [0.15, 0.2) is 84.1 Å². The number of sulfone groups is 1. The van der Waals surface area contributed by atoms with Gasteiger partial charge in [-0.2, -0.15) is 5.10 Å². The van der Waals surface area contributed by atoms with Crippen molar-refractivity contribution < 1.29 is 17.6 Å². The zero-order chi connectivity index (χ0) is 22.0. The molecule has 1 N–H and O–H groups in total. The van der Waals surface area contributed by atoms with Crippen molar-refractivity contribution in [1.82, 2.24) is 19.7 Å². The molecule has 158 valence electrons. The Kier molecular flexibility index (Phi) is 5.43. The van der Waals surface area contributed by atoms with Gasteiger partial charge in [0.2, 0.25) is 0 Å². The Balaban J connectivity index is 1.62. The van der Waals surface area contributed by atoms with E-state index in [2.05, 4.69) is 10.4 Å². The molecule has 2 aromatic carbocycles. The maximum absolute atomic E-state index is 14.4. The van der Waals surface area contributed by atoms with Gasteiger partial charge in [0.15, 0.2) is 15.7 Å². The number of aromatic nitrogens is 3. The molecule has 2 aromatic heterocycles. The zero-order valence-electron chi connectivity index (χ0n) is 16.6. The molecule has 7 nitrogen and oxygen atoms in total. The van der Waals surface area contributed by atoms with E-state index in [1.807, 2.05) is 0 Å². The molecule has 2 heterocycles. The first-order valence-corrected chi connectivity index (χ1v) is 11.3. The number of rotatable bonds is 6. The molecule has 0 unspecified atom stereocenters. The number of hydrogen-bond acceptors (Lipinski definition) is 4. The molecule has 31 heavy (non-hydrogen) atoms. The van der Waals surface area contributed by atoms with Crippen LogP contribution in [0.1, 0.15) is 15.9 Å². The highest BCUT2D eigenvalue weighted by molar-refractivity contribution is 7.90. The van der Waals surface area contributed by atoms with E-state index in [1.54, 1.807) is 59.4 Å². The summed E-state index contributed by atoms with van der Waals surface area (Å²) in [5.41, 5.74) is 1.23. The number of carbonyl (C=O) groups is 1. The Morgan fingerprint density at radius 3 is 2.35 bits per heavy atom. The number of halogens is 1. The number of carbonyl (C=O) groups excluding carboxylic acids is 1. The average Bonchev–Trinajstić information content (AvgIpc) is 3.41. The quantitative estimate of drug-likeness (QED) is 0.501. The fourth-order valence-corrected chi connectivity index (χ4v) is 3.79. The van der Waals surface area contributed by atoms with Gasteiger partial charge < -0.3 is 9.88 Å². The van der Waals surface area contributed by atoms with Crippen molar-refractivity contribution in [3.8, 4) is 11.5 Å². The van der Waals surface area contributed by atoms with Gasteiger partial charge in [-0.3, -0.25) is 4.79 Å². The lowest BCUT2D eigenvalue weighted by Gasteiger charge is -2.12. The van der Waals surface area contributed by atoms with Crippen LogP contribution in [0.2, 0.25) is 0 Å². The van der Waals surface area contributed by atoms with Crippen molar-refractivity contribution in [3.05, 3.63) is 96.2 Å². The minimum atomic E-state index is -3.28. The van der Waals surface area contributed by atoms with Gasteiger partial charge in [0.25, 0.3) is 5.91 Å². The van der Waals surface area contributed by atoms with Gasteiger partial charge >= 0.3 is 0 Å². The molecule has 1 amide bonds. The predicted octanol–water partition coefficient (Wildman–Crippen LogP) is 3.14. The molecule has 0 aliphatic rings. The van der Waals surface area contributed by atoms with Crippen LogP contribution < -0.4 is 5.32 Å². The first-order chi connectivity index (χ1) is 14.8. The second kappa shape index (κ2) is 8.19. The van der Waals surface area contributed by atoms with Crippen molar-refractivity contribution in [2.75, 3.05) is 6.26 Å². The second-order valence-electron chi connectivity index (χ2n) is 6.93. The Morgan fingerprint density at radius 2 is 1.71 bits per heavy atom. The van der Waals surface area contributed by atoms with Crippen molar-refractivity contribution in [3.63, 3.8) is 0 Å². The first-order valence-electron chi connectivity index (χ1n) is 9.38. The summed E-state index contributed by atoms with van der Waals surface area (Å²) in [5, 5.41) is 7.05. The summed E-state index contributed by atoms with van der Waals surface area (Å²) in [5.74, 6) is -0.449. The van der Waals surface area contributed by atoms with Gasteiger partial charge in [-0.25, -0.2) is 17.5 Å². The topological polar surface area (TPSA) is 86.0 Å². The lowest BCUT2D eigenvalue weighted by molar-refractivity contribution is 0.0951. The molecule has 0 aliphatic heterocycles. The van der Waals surface area contributed by atoms with Gasteiger partial charge in [-0.15, -0.1) is 0 Å². The highest BCUT2D eigenvalue weighted by Gasteiger charge is 2.21. The maximum Gasteiger partial charge on any atom is 0.256 e. The van der Waals surface area contributed by atoms with Crippen LogP contribution in [-0.4, -0.2) is 34.9 Å². The maximum atomic E-state index is 14.4. The lowest BCUT2D eigenvalue weighted by Crippen LogP contribution is -2.24. The summed E-state index contributed by atoms with van der Waals surface area (Å²) < 4.78 is 40.6. The van der Waals surface area contributed by atoms with E-state index in [4.69, 9.17) is 0 Å². The molecule has 0 saturated heterocycles. The average molecular weight is 438 g/mol. The molecule has 0 atom stereocenters. The van der Waals surface area contributed by atoms with Gasteiger partial charge in [0, 0.05) is 25.2 Å². The molecule has 0 bridgehead atoms. The molecule has 0 spiro atoms. The van der Waals surface area contributed by atoms with Crippen LogP contribution in [0.5, 0.6) is 0 Å². The number of hydrogen-bond donors (Lipinski definition) is 1. The smallest absolute Gasteiger partial charge is 0.256 e. The Hall–Kier alpha value is -3.72. The Bertz CT molecular complexity index is 1330. The number of benzene rings is 2. The number of amides is 1. The third kappa shape index (κ3) is 4.26. The summed E-state index contributed by atoms with van der Waals surface area (Å²) in [6.07, 6.45) is 6.02. The molecule has 0 radical (unpaired) electrons. The van der Waals surface area contributed by atoms with E-state index >= 15 is 0 Å². The van der Waals surface area contributed by atoms with Gasteiger partial charge in [0.05, 0.1) is 11.1 Å². The summed E-state index contributed by atoms with van der Waals surface area (Å²) >= 11 is 0. The van der Waals surface area contributed by atoms with Gasteiger partial charge in [0.1, 0.15) is 17.1 Å². The van der Waals surface area contributed by atoms with E-state index in [9.17, 15) is 17.6 Å². The van der Waals surface area contributed by atoms with E-state index in [0.717, 1.165) is 11.8 Å². The van der Waals surface area contributed by atoms with Crippen LogP contribution in [0.3, 0.4) is 0 Å². The highest BCUT2D eigenvalue weighted by Crippen LogP contribution is 2.22. The molecule has 4 rings (SSSR count). The normalized spacial score (nSPS) is 11.4. The summed E-state index contributed by atoms with van der Waals surface area (Å²) in [6.45, 7) is 0.193. The van der Waals surface area contributed by atoms with Crippen LogP contribution in [-0.2, 0) is 16.4 Å². The van der Waals surface area contributed by atoms with Crippen LogP contribution in [0.4, 0.5) is 4.39 Å². The fourth-order valence-electron chi connectivity index (χ4n) is 3.16. The van der Waals surface area contributed by atoms with Crippen LogP contribution in [0.25, 0.3) is 11.5 Å². The van der Waals surface area contributed by atoms with Gasteiger partial charge in [-0.1, -0.05) is 24.3 Å². The fraction of sp³-hybridized carbons (Fsp3) is 0.0909. The van der Waals surface area contributed by atoms with Crippen LogP contribution >= 0.6 is 0 Å². The zero-order valence-corrected chi connectivity index (χ0v) is 17.4. The molecular formula is C22H19FN4O3S. The largest absolute Gasteiger partial charge is 0.348 e. The number of nitrogens with zero attached hydrogens (tertiary/aromatic N) is 3. The minimum absolute atomic E-state index is 0.193. The highest BCUT2D eigenvalue weighted by atomic mass is 32.2. The second-order valence-corrected chi connectivity index (χ2v) is 8.95. The summed E-state index contributed by atoms with van der Waals surface area (Å²) in [4.78, 5) is 13.1. The molecular weight excluding hydrogens is 419 g/mol. The Morgan fingerprint density at radius 1 is 1.03 bits per heavy atom. The molecule has 0 aliphatic carbocycles. The molecule has 0 fully saturated rings. The van der Waals surface area contributed by atoms with Crippen LogP contribution in [0, 0.1) is 5.82 Å². The minimum Gasteiger partial charge on any atom is -0.348 e.